The summed E-state index contributed by atoms with van der Waals surface area (Å²) < 4.78 is 75.9. The molecular weight excluding hydrogens is 921 g/mol. The summed E-state index contributed by atoms with van der Waals surface area (Å²) in [4.78, 5) is 81.1. The second-order valence-corrected chi connectivity index (χ2v) is 19.0. The number of rotatable bonds is 33. The van der Waals surface area contributed by atoms with Crippen molar-refractivity contribution in [3.8, 4) is 22.6 Å². The molecule has 0 aliphatic carbocycles. The van der Waals surface area contributed by atoms with Gasteiger partial charge in [0.2, 0.25) is 0 Å². The number of methoxy groups -OCH3 is 8. The summed E-state index contributed by atoms with van der Waals surface area (Å²) >= 11 is 0. The van der Waals surface area contributed by atoms with Gasteiger partial charge in [0.15, 0.2) is 0 Å². The van der Waals surface area contributed by atoms with Crippen molar-refractivity contribution in [2.45, 2.75) is 41.5 Å². The van der Waals surface area contributed by atoms with Gasteiger partial charge in [-0.3, -0.25) is 28.8 Å². The van der Waals surface area contributed by atoms with Gasteiger partial charge in [0.1, 0.15) is 70.4 Å². The van der Waals surface area contributed by atoms with E-state index in [0.29, 0.717) is 11.1 Å². The number of carbonyl (C=O) groups is 6. The van der Waals surface area contributed by atoms with Crippen molar-refractivity contribution in [1.29, 1.82) is 0 Å². The number of esters is 6. The predicted molar refractivity (Wildman–Crippen MR) is 251 cm³/mol. The van der Waals surface area contributed by atoms with Crippen LogP contribution < -0.4 is 9.47 Å². The van der Waals surface area contributed by atoms with Gasteiger partial charge in [-0.05, 0) is 76.9 Å². The Balaban J connectivity index is 2.36. The zero-order valence-electron chi connectivity index (χ0n) is 43.3. The molecule has 0 spiro atoms. The summed E-state index contributed by atoms with van der Waals surface area (Å²) in [6, 6.07) is 12.9. The maximum absolute atomic E-state index is 13.9. The Morgan fingerprint density at radius 1 is 0.286 bits per heavy atom. The van der Waals surface area contributed by atoms with Crippen LogP contribution in [0.4, 0.5) is 0 Å². The lowest BCUT2D eigenvalue weighted by Crippen LogP contribution is -2.46. The first-order chi connectivity index (χ1) is 33.0. The molecule has 0 heterocycles. The van der Waals surface area contributed by atoms with Crippen LogP contribution in [0.15, 0.2) is 48.5 Å². The molecule has 0 saturated carbocycles. The third kappa shape index (κ3) is 17.1. The SMILES string of the molecule is COCC(C)(COC)C(=O)OCC(C)(COC(=O)C(C)(COC)COC)C(=O)Oc1ccc(-c2ccc(OC(=O)C(C)(COC(=O)C(C)(COC)COC)COC(=O)C(C)(COC)COC)cc2)cc1. The molecule has 0 unspecified atom stereocenters. The van der Waals surface area contributed by atoms with Gasteiger partial charge in [-0.1, -0.05) is 24.3 Å². The van der Waals surface area contributed by atoms with E-state index in [-0.39, 0.29) is 64.4 Å². The number of ether oxygens (including phenoxy) is 14. The molecule has 20 heteroatoms. The summed E-state index contributed by atoms with van der Waals surface area (Å²) in [5.41, 5.74) is -6.85. The van der Waals surface area contributed by atoms with E-state index in [1.165, 1.54) is 70.7 Å². The van der Waals surface area contributed by atoms with E-state index < -0.39 is 94.7 Å². The lowest BCUT2D eigenvalue weighted by Gasteiger charge is -2.32. The van der Waals surface area contributed by atoms with Gasteiger partial charge in [0.25, 0.3) is 0 Å². The van der Waals surface area contributed by atoms with Crippen LogP contribution in [0.2, 0.25) is 0 Å². The van der Waals surface area contributed by atoms with Crippen molar-refractivity contribution in [3.05, 3.63) is 48.5 Å². The summed E-state index contributed by atoms with van der Waals surface area (Å²) in [6.07, 6.45) is 0. The zero-order chi connectivity index (χ0) is 52.8. The normalized spacial score (nSPS) is 12.5. The smallest absolute Gasteiger partial charge is 0.324 e. The molecule has 0 N–H and O–H groups in total. The molecule has 0 atom stereocenters. The average Bonchev–Trinajstić information content (AvgIpc) is 3.32. The van der Waals surface area contributed by atoms with Crippen LogP contribution in [-0.2, 0) is 85.6 Å². The van der Waals surface area contributed by atoms with E-state index in [0.717, 1.165) is 0 Å². The zero-order valence-corrected chi connectivity index (χ0v) is 43.3. The van der Waals surface area contributed by atoms with Crippen molar-refractivity contribution in [2.75, 3.05) is 136 Å². The Hall–Kier alpha value is -5.06. The fourth-order valence-corrected chi connectivity index (χ4v) is 6.99. The Morgan fingerprint density at radius 3 is 0.629 bits per heavy atom. The Bertz CT molecular complexity index is 1740. The number of hydrogen-bond acceptors (Lipinski definition) is 20. The second-order valence-electron chi connectivity index (χ2n) is 19.0. The maximum atomic E-state index is 13.9. The highest BCUT2D eigenvalue weighted by Gasteiger charge is 2.46. The monoisotopic (exact) mass is 994 g/mol. The predicted octanol–water partition coefficient (Wildman–Crippen LogP) is 4.55. The first-order valence-electron chi connectivity index (χ1n) is 22.2. The third-order valence-electron chi connectivity index (χ3n) is 11.2. The van der Waals surface area contributed by atoms with Gasteiger partial charge in [-0.25, -0.2) is 0 Å². The fourth-order valence-electron chi connectivity index (χ4n) is 6.99. The molecule has 0 radical (unpaired) electrons. The molecule has 394 valence electrons. The van der Waals surface area contributed by atoms with E-state index in [4.69, 9.17) is 66.3 Å². The first kappa shape index (κ1) is 61.1. The standard InChI is InChI=1S/C50H74O20/c1-45(23-57-7,24-58-8)39(51)65-31-49(5,32-66-40(52)46(2,25-59-9)26-60-10)43(55)69-37-19-15-35(16-20-37)36-17-21-38(22-18-36)70-44(56)50(6,33-67-41(53)47(3,27-61-11)28-62-12)34-68-42(54)48(4,29-63-13)30-64-14/h15-22H,23-34H2,1-14H3. The van der Waals surface area contributed by atoms with Crippen LogP contribution in [0.1, 0.15) is 41.5 Å². The van der Waals surface area contributed by atoms with Gasteiger partial charge < -0.3 is 66.3 Å². The fraction of sp³-hybridized carbons (Fsp3) is 0.640. The van der Waals surface area contributed by atoms with E-state index in [2.05, 4.69) is 0 Å². The van der Waals surface area contributed by atoms with E-state index in [1.54, 1.807) is 76.2 Å². The van der Waals surface area contributed by atoms with Crippen LogP contribution in [0, 0.1) is 32.5 Å². The average molecular weight is 995 g/mol. The van der Waals surface area contributed by atoms with E-state index in [1.807, 2.05) is 0 Å². The first-order valence-corrected chi connectivity index (χ1v) is 22.2. The van der Waals surface area contributed by atoms with Crippen LogP contribution in [0.3, 0.4) is 0 Å². The molecule has 0 aliphatic rings. The molecular formula is C50H74O20. The largest absolute Gasteiger partial charge is 0.464 e. The highest BCUT2D eigenvalue weighted by Crippen LogP contribution is 2.32. The number of carbonyl (C=O) groups excluding carboxylic acids is 6. The molecule has 0 aromatic heterocycles. The summed E-state index contributed by atoms with van der Waals surface area (Å²) in [6.45, 7) is 6.90. The summed E-state index contributed by atoms with van der Waals surface area (Å²) in [5, 5.41) is 0. The lowest BCUT2D eigenvalue weighted by molar-refractivity contribution is -0.179. The number of hydrogen-bond donors (Lipinski definition) is 0. The molecule has 0 bridgehead atoms. The minimum Gasteiger partial charge on any atom is -0.464 e. The minimum absolute atomic E-state index is 0.0314. The molecule has 20 nitrogen and oxygen atoms in total. The van der Waals surface area contributed by atoms with Crippen molar-refractivity contribution in [2.24, 2.45) is 32.5 Å². The highest BCUT2D eigenvalue weighted by molar-refractivity contribution is 5.84. The summed E-state index contributed by atoms with van der Waals surface area (Å²) in [7, 11) is 11.4. The van der Waals surface area contributed by atoms with Gasteiger partial charge in [0.05, 0.1) is 52.9 Å². The summed E-state index contributed by atoms with van der Waals surface area (Å²) in [5.74, 6) is -4.29. The number of benzene rings is 2. The molecule has 0 amide bonds. The van der Waals surface area contributed by atoms with Crippen molar-refractivity contribution < 1.29 is 95.1 Å². The highest BCUT2D eigenvalue weighted by atomic mass is 16.6. The van der Waals surface area contributed by atoms with Gasteiger partial charge in [-0.2, -0.15) is 0 Å². The van der Waals surface area contributed by atoms with Crippen LogP contribution in [0.5, 0.6) is 11.5 Å². The molecule has 2 rings (SSSR count). The van der Waals surface area contributed by atoms with Crippen molar-refractivity contribution in [3.63, 3.8) is 0 Å². The molecule has 2 aromatic rings. The van der Waals surface area contributed by atoms with Crippen molar-refractivity contribution in [1.82, 2.24) is 0 Å². The van der Waals surface area contributed by atoms with Crippen LogP contribution >= 0.6 is 0 Å². The second kappa shape index (κ2) is 28.1. The van der Waals surface area contributed by atoms with Crippen LogP contribution in [-0.4, -0.2) is 172 Å². The van der Waals surface area contributed by atoms with Gasteiger partial charge in [-0.15, -0.1) is 0 Å². The topological polar surface area (TPSA) is 232 Å². The Morgan fingerprint density at radius 2 is 0.457 bits per heavy atom. The minimum atomic E-state index is -1.69. The molecule has 0 aliphatic heterocycles. The van der Waals surface area contributed by atoms with E-state index in [9.17, 15) is 28.8 Å². The molecule has 70 heavy (non-hydrogen) atoms. The van der Waals surface area contributed by atoms with Gasteiger partial charge in [0, 0.05) is 56.9 Å². The van der Waals surface area contributed by atoms with Gasteiger partial charge >= 0.3 is 35.8 Å². The third-order valence-corrected chi connectivity index (χ3v) is 11.2. The van der Waals surface area contributed by atoms with Crippen molar-refractivity contribution >= 4 is 35.8 Å². The Kier molecular flexibility index (Phi) is 24.5. The van der Waals surface area contributed by atoms with Crippen LogP contribution in [0.25, 0.3) is 11.1 Å². The van der Waals surface area contributed by atoms with E-state index >= 15 is 0 Å². The molecule has 0 saturated heterocycles. The quantitative estimate of drug-likeness (QED) is 0.0542. The Labute approximate surface area is 411 Å². The molecule has 2 aromatic carbocycles. The lowest BCUT2D eigenvalue weighted by atomic mass is 9.90. The maximum Gasteiger partial charge on any atom is 0.324 e. The molecule has 0 fully saturated rings.